The number of hydrogen-bond acceptors (Lipinski definition) is 6. The molecule has 1 aliphatic heterocycles. The van der Waals surface area contributed by atoms with Crippen LogP contribution in [0.15, 0.2) is 53.1 Å². The van der Waals surface area contributed by atoms with E-state index in [1.807, 2.05) is 42.5 Å². The Morgan fingerprint density at radius 2 is 1.96 bits per heavy atom. The van der Waals surface area contributed by atoms with Gasteiger partial charge in [-0.1, -0.05) is 6.07 Å². The lowest BCUT2D eigenvalue weighted by Crippen LogP contribution is -2.23. The largest absolute Gasteiger partial charge is 0.497 e. The third kappa shape index (κ3) is 4.09. The molecule has 2 heterocycles. The number of carbonyl (C=O) groups is 1. The molecule has 0 bridgehead atoms. The van der Waals surface area contributed by atoms with Crippen LogP contribution in [0.25, 0.3) is 11.3 Å². The molecule has 2 aromatic carbocycles. The molecule has 7 nitrogen and oxygen atoms in total. The average molecular weight is 380 g/mol. The molecule has 0 aliphatic carbocycles. The van der Waals surface area contributed by atoms with E-state index in [-0.39, 0.29) is 12.7 Å². The van der Waals surface area contributed by atoms with Crippen LogP contribution in [0.2, 0.25) is 0 Å². The number of aryl methyl sites for hydroxylation is 1. The SMILES string of the molecule is COc1ccc(-c2cnc(CCC(=O)NCc3ccc4c(c3)OCO4)o2)cc1. The highest BCUT2D eigenvalue weighted by atomic mass is 16.7. The fraction of sp³-hybridized carbons (Fsp3) is 0.238. The molecule has 0 atom stereocenters. The van der Waals surface area contributed by atoms with Crippen LogP contribution < -0.4 is 19.5 Å². The lowest BCUT2D eigenvalue weighted by molar-refractivity contribution is -0.121. The van der Waals surface area contributed by atoms with Crippen LogP contribution in [0.4, 0.5) is 0 Å². The van der Waals surface area contributed by atoms with Gasteiger partial charge in [-0.05, 0) is 42.0 Å². The average Bonchev–Trinajstić information content (AvgIpc) is 3.39. The monoisotopic (exact) mass is 380 g/mol. The zero-order valence-electron chi connectivity index (χ0n) is 15.4. The van der Waals surface area contributed by atoms with E-state index < -0.39 is 0 Å². The minimum Gasteiger partial charge on any atom is -0.497 e. The van der Waals surface area contributed by atoms with Crippen molar-refractivity contribution in [3.8, 4) is 28.6 Å². The second-order valence-electron chi connectivity index (χ2n) is 6.31. The Morgan fingerprint density at radius 1 is 1.14 bits per heavy atom. The number of nitrogens with zero attached hydrogens (tertiary/aromatic N) is 1. The van der Waals surface area contributed by atoms with E-state index in [0.29, 0.717) is 36.8 Å². The van der Waals surface area contributed by atoms with Crippen molar-refractivity contribution in [1.82, 2.24) is 10.3 Å². The molecule has 144 valence electrons. The summed E-state index contributed by atoms with van der Waals surface area (Å²) >= 11 is 0. The molecule has 1 amide bonds. The van der Waals surface area contributed by atoms with E-state index in [1.54, 1.807) is 13.3 Å². The molecular formula is C21H20N2O5. The van der Waals surface area contributed by atoms with Gasteiger partial charge < -0.3 is 23.9 Å². The van der Waals surface area contributed by atoms with Crippen molar-refractivity contribution in [3.05, 3.63) is 60.1 Å². The van der Waals surface area contributed by atoms with Crippen LogP contribution in [-0.4, -0.2) is 24.8 Å². The van der Waals surface area contributed by atoms with E-state index >= 15 is 0 Å². The number of methoxy groups -OCH3 is 1. The number of amides is 1. The van der Waals surface area contributed by atoms with Gasteiger partial charge in [-0.15, -0.1) is 0 Å². The molecule has 0 saturated heterocycles. The normalized spacial score (nSPS) is 12.0. The summed E-state index contributed by atoms with van der Waals surface area (Å²) in [5, 5.41) is 2.89. The minimum atomic E-state index is -0.0677. The predicted molar refractivity (Wildman–Crippen MR) is 101 cm³/mol. The molecule has 1 N–H and O–H groups in total. The Hall–Kier alpha value is -3.48. The van der Waals surface area contributed by atoms with Gasteiger partial charge in [0.1, 0.15) is 5.75 Å². The molecule has 1 aromatic heterocycles. The van der Waals surface area contributed by atoms with Crippen LogP contribution in [-0.2, 0) is 17.8 Å². The lowest BCUT2D eigenvalue weighted by atomic mass is 10.2. The fourth-order valence-electron chi connectivity index (χ4n) is 2.87. The summed E-state index contributed by atoms with van der Waals surface area (Å²) in [7, 11) is 1.62. The molecule has 0 saturated carbocycles. The fourth-order valence-corrected chi connectivity index (χ4v) is 2.87. The number of ether oxygens (including phenoxy) is 3. The second-order valence-corrected chi connectivity index (χ2v) is 6.31. The molecule has 4 rings (SSSR count). The minimum absolute atomic E-state index is 0.0677. The van der Waals surface area contributed by atoms with Gasteiger partial charge in [-0.25, -0.2) is 4.98 Å². The van der Waals surface area contributed by atoms with Crippen molar-refractivity contribution < 1.29 is 23.4 Å². The topological polar surface area (TPSA) is 82.8 Å². The number of benzene rings is 2. The Labute approximate surface area is 162 Å². The van der Waals surface area contributed by atoms with Gasteiger partial charge in [0.05, 0.1) is 13.3 Å². The van der Waals surface area contributed by atoms with Crippen LogP contribution in [0.3, 0.4) is 0 Å². The Balaban J connectivity index is 1.27. The molecule has 28 heavy (non-hydrogen) atoms. The number of carbonyl (C=O) groups excluding carboxylic acids is 1. The molecule has 0 spiro atoms. The van der Waals surface area contributed by atoms with Gasteiger partial charge in [0.2, 0.25) is 12.7 Å². The first kappa shape index (κ1) is 17.9. The second kappa shape index (κ2) is 8.04. The maximum Gasteiger partial charge on any atom is 0.231 e. The lowest BCUT2D eigenvalue weighted by Gasteiger charge is -2.05. The number of fused-ring (bicyclic) bond motifs is 1. The summed E-state index contributed by atoms with van der Waals surface area (Å²) in [6.45, 7) is 0.665. The van der Waals surface area contributed by atoms with Crippen LogP contribution in [0.1, 0.15) is 17.9 Å². The number of rotatable bonds is 7. The van der Waals surface area contributed by atoms with Crippen molar-refractivity contribution >= 4 is 5.91 Å². The van der Waals surface area contributed by atoms with Gasteiger partial charge in [-0.3, -0.25) is 4.79 Å². The highest BCUT2D eigenvalue weighted by Gasteiger charge is 2.14. The van der Waals surface area contributed by atoms with Crippen molar-refractivity contribution in [1.29, 1.82) is 0 Å². The van der Waals surface area contributed by atoms with E-state index in [0.717, 1.165) is 22.6 Å². The standard InChI is InChI=1S/C21H20N2O5/c1-25-16-5-3-15(4-6-16)19-12-23-21(28-19)9-8-20(24)22-11-14-2-7-17-18(10-14)27-13-26-17/h2-7,10,12H,8-9,11,13H2,1H3,(H,22,24). The van der Waals surface area contributed by atoms with E-state index in [2.05, 4.69) is 10.3 Å². The summed E-state index contributed by atoms with van der Waals surface area (Å²) in [6, 6.07) is 13.2. The van der Waals surface area contributed by atoms with E-state index in [9.17, 15) is 4.79 Å². The van der Waals surface area contributed by atoms with Crippen molar-refractivity contribution in [2.75, 3.05) is 13.9 Å². The Kier molecular flexibility index (Phi) is 5.14. The molecule has 1 aliphatic rings. The number of oxazole rings is 1. The molecular weight excluding hydrogens is 360 g/mol. The molecule has 7 heteroatoms. The molecule has 0 radical (unpaired) electrons. The molecule has 3 aromatic rings. The van der Waals surface area contributed by atoms with Gasteiger partial charge in [-0.2, -0.15) is 0 Å². The summed E-state index contributed by atoms with van der Waals surface area (Å²) in [5.41, 5.74) is 1.86. The number of hydrogen-bond donors (Lipinski definition) is 1. The van der Waals surface area contributed by atoms with Gasteiger partial charge in [0, 0.05) is 24.9 Å². The third-order valence-corrected chi connectivity index (χ3v) is 4.42. The highest BCUT2D eigenvalue weighted by molar-refractivity contribution is 5.76. The van der Waals surface area contributed by atoms with Gasteiger partial charge in [0.25, 0.3) is 0 Å². The predicted octanol–water partition coefficient (Wildman–Crippen LogP) is 3.33. The smallest absolute Gasteiger partial charge is 0.231 e. The van der Waals surface area contributed by atoms with Crippen LogP contribution >= 0.6 is 0 Å². The summed E-state index contributed by atoms with van der Waals surface area (Å²) in [6.07, 6.45) is 2.40. The molecule has 0 unspecified atom stereocenters. The van der Waals surface area contributed by atoms with E-state index in [4.69, 9.17) is 18.6 Å². The summed E-state index contributed by atoms with van der Waals surface area (Å²) < 4.78 is 21.5. The van der Waals surface area contributed by atoms with E-state index in [1.165, 1.54) is 0 Å². The molecule has 0 fully saturated rings. The first-order chi connectivity index (χ1) is 13.7. The highest BCUT2D eigenvalue weighted by Crippen LogP contribution is 2.32. The zero-order chi connectivity index (χ0) is 19.3. The summed E-state index contributed by atoms with van der Waals surface area (Å²) in [4.78, 5) is 16.4. The summed E-state index contributed by atoms with van der Waals surface area (Å²) in [5.74, 6) is 3.34. The maximum atomic E-state index is 12.1. The maximum absolute atomic E-state index is 12.1. The number of nitrogens with one attached hydrogen (secondary N) is 1. The van der Waals surface area contributed by atoms with Crippen molar-refractivity contribution in [2.24, 2.45) is 0 Å². The zero-order valence-corrected chi connectivity index (χ0v) is 15.4. The number of aromatic nitrogens is 1. The van der Waals surface area contributed by atoms with Crippen LogP contribution in [0.5, 0.6) is 17.2 Å². The van der Waals surface area contributed by atoms with Crippen molar-refractivity contribution in [2.45, 2.75) is 19.4 Å². The van der Waals surface area contributed by atoms with Crippen molar-refractivity contribution in [3.63, 3.8) is 0 Å². The first-order valence-corrected chi connectivity index (χ1v) is 8.95. The Bertz CT molecular complexity index is 965. The Morgan fingerprint density at radius 3 is 2.79 bits per heavy atom. The quantitative estimate of drug-likeness (QED) is 0.677. The van der Waals surface area contributed by atoms with Gasteiger partial charge in [0.15, 0.2) is 23.1 Å². The van der Waals surface area contributed by atoms with Crippen LogP contribution in [0, 0.1) is 0 Å². The third-order valence-electron chi connectivity index (χ3n) is 4.42. The van der Waals surface area contributed by atoms with Gasteiger partial charge >= 0.3 is 0 Å². The first-order valence-electron chi connectivity index (χ1n) is 8.95.